The van der Waals surface area contributed by atoms with Crippen molar-refractivity contribution in [2.24, 2.45) is 11.8 Å². The molecule has 3 aromatic rings. The number of piperidine rings is 2. The molecule has 0 spiro atoms. The van der Waals surface area contributed by atoms with E-state index in [1.54, 1.807) is 19.1 Å². The van der Waals surface area contributed by atoms with E-state index in [0.29, 0.717) is 49.9 Å². The lowest BCUT2D eigenvalue weighted by Gasteiger charge is -2.33. The minimum absolute atomic E-state index is 0.129. The lowest BCUT2D eigenvalue weighted by atomic mass is 9.90. The summed E-state index contributed by atoms with van der Waals surface area (Å²) in [7, 11) is -3.59. The quantitative estimate of drug-likeness (QED) is 0.228. The van der Waals surface area contributed by atoms with E-state index in [1.165, 1.54) is 4.31 Å². The molecule has 0 bridgehead atoms. The molecule has 47 heavy (non-hydrogen) atoms. The molecule has 2 heterocycles. The van der Waals surface area contributed by atoms with Crippen LogP contribution in [0.25, 0.3) is 0 Å². The van der Waals surface area contributed by atoms with Crippen molar-refractivity contribution in [2.75, 3.05) is 56.1 Å². The number of carbonyl (C=O) groups is 2. The number of hydrogen-bond acceptors (Lipinski definition) is 6. The molecule has 0 aliphatic carbocycles. The number of anilines is 2. The van der Waals surface area contributed by atoms with Gasteiger partial charge in [0.1, 0.15) is 0 Å². The molecule has 2 aliphatic heterocycles. The van der Waals surface area contributed by atoms with Crippen LogP contribution in [0.1, 0.15) is 50.2 Å². The third kappa shape index (κ3) is 9.43. The first-order chi connectivity index (χ1) is 22.7. The molecule has 9 nitrogen and oxygen atoms in total. The molecule has 0 saturated carbocycles. The molecule has 1 N–H and O–H groups in total. The maximum absolute atomic E-state index is 13.3. The van der Waals surface area contributed by atoms with Crippen LogP contribution in [-0.2, 0) is 26.0 Å². The third-order valence-corrected chi connectivity index (χ3v) is 11.3. The Hall–Kier alpha value is -3.73. The van der Waals surface area contributed by atoms with Crippen molar-refractivity contribution in [1.82, 2.24) is 9.21 Å². The molecule has 10 heteroatoms. The normalized spacial score (nSPS) is 16.9. The average molecular weight is 661 g/mol. The Morgan fingerprint density at radius 1 is 0.872 bits per heavy atom. The molecule has 2 amide bonds. The Balaban J connectivity index is 1.06. The zero-order valence-electron chi connectivity index (χ0n) is 27.6. The predicted octanol–water partition coefficient (Wildman–Crippen LogP) is 6.34. The zero-order chi connectivity index (χ0) is 33.2. The Bertz CT molecular complexity index is 1550. The maximum atomic E-state index is 13.3. The Labute approximate surface area is 279 Å². The molecule has 252 valence electrons. The van der Waals surface area contributed by atoms with Gasteiger partial charge in [0.15, 0.2) is 0 Å². The summed E-state index contributed by atoms with van der Waals surface area (Å²) < 4.78 is 33.1. The van der Waals surface area contributed by atoms with Gasteiger partial charge in [-0.25, -0.2) is 13.2 Å². The van der Waals surface area contributed by atoms with Gasteiger partial charge in [-0.15, -0.1) is 0 Å². The molecule has 5 rings (SSSR count). The molecule has 2 saturated heterocycles. The van der Waals surface area contributed by atoms with Gasteiger partial charge in [0.2, 0.25) is 10.0 Å². The SMILES string of the molecule is CCOC(=O)C1CCN(S(=O)(=O)c2ccc(CC3CCN(CCCN(C(=O)Nc4ccc(C)cc4)c4ccccc4)CC3)cc2)CC1. The van der Waals surface area contributed by atoms with Gasteiger partial charge >= 0.3 is 12.0 Å². The van der Waals surface area contributed by atoms with E-state index in [9.17, 15) is 18.0 Å². The number of sulfonamides is 1. The van der Waals surface area contributed by atoms with Gasteiger partial charge in [0.05, 0.1) is 17.4 Å². The van der Waals surface area contributed by atoms with Gasteiger partial charge in [-0.05, 0) is 120 Å². The van der Waals surface area contributed by atoms with Crippen molar-refractivity contribution in [3.63, 3.8) is 0 Å². The number of nitrogens with one attached hydrogen (secondary N) is 1. The topological polar surface area (TPSA) is 99.3 Å². The highest BCUT2D eigenvalue weighted by molar-refractivity contribution is 7.89. The number of nitrogens with zero attached hydrogens (tertiary/aromatic N) is 3. The molecule has 3 aromatic carbocycles. The van der Waals surface area contributed by atoms with Crippen LogP contribution in [0.4, 0.5) is 16.2 Å². The van der Waals surface area contributed by atoms with E-state index in [0.717, 1.165) is 67.8 Å². The van der Waals surface area contributed by atoms with Gasteiger partial charge in [-0.2, -0.15) is 4.31 Å². The summed E-state index contributed by atoms with van der Waals surface area (Å²) >= 11 is 0. The lowest BCUT2D eigenvalue weighted by Crippen LogP contribution is -2.40. The molecule has 0 aromatic heterocycles. The van der Waals surface area contributed by atoms with E-state index < -0.39 is 10.0 Å². The first-order valence-electron chi connectivity index (χ1n) is 16.9. The van der Waals surface area contributed by atoms with Crippen molar-refractivity contribution in [2.45, 2.75) is 57.3 Å². The second-order valence-corrected chi connectivity index (χ2v) is 14.6. The molecular weight excluding hydrogens is 612 g/mol. The van der Waals surface area contributed by atoms with Crippen molar-refractivity contribution in [3.05, 3.63) is 90.0 Å². The number of urea groups is 1. The van der Waals surface area contributed by atoms with E-state index in [-0.39, 0.29) is 17.9 Å². The standard InChI is InChI=1S/C37H48N4O5S/c1-3-46-36(42)32-20-26-40(27-21-32)47(44,45)35-16-12-30(13-17-35)28-31-18-24-39(25-19-31)22-7-23-41(34-8-5-4-6-9-34)37(43)38-33-14-10-29(2)11-15-33/h4-6,8-17,31-32H,3,7,18-28H2,1-2H3,(H,38,43). The minimum Gasteiger partial charge on any atom is -0.466 e. The Kier molecular flexibility index (Phi) is 12.1. The fourth-order valence-electron chi connectivity index (χ4n) is 6.52. The summed E-state index contributed by atoms with van der Waals surface area (Å²) in [6.07, 6.45) is 4.96. The van der Waals surface area contributed by atoms with Gasteiger partial charge in [-0.3, -0.25) is 9.69 Å². The molecule has 0 radical (unpaired) electrons. The average Bonchev–Trinajstić information content (AvgIpc) is 3.09. The Morgan fingerprint density at radius 2 is 1.53 bits per heavy atom. The van der Waals surface area contributed by atoms with E-state index in [1.807, 2.05) is 78.6 Å². The largest absolute Gasteiger partial charge is 0.466 e. The second kappa shape index (κ2) is 16.4. The highest BCUT2D eigenvalue weighted by Gasteiger charge is 2.32. The number of rotatable bonds is 12. The van der Waals surface area contributed by atoms with Crippen molar-refractivity contribution < 1.29 is 22.7 Å². The van der Waals surface area contributed by atoms with E-state index in [2.05, 4.69) is 10.2 Å². The first kappa shape index (κ1) is 34.6. The summed E-state index contributed by atoms with van der Waals surface area (Å²) in [5, 5.41) is 3.04. The molecule has 2 fully saturated rings. The summed E-state index contributed by atoms with van der Waals surface area (Å²) in [6, 6.07) is 24.9. The zero-order valence-corrected chi connectivity index (χ0v) is 28.5. The summed E-state index contributed by atoms with van der Waals surface area (Å²) in [6.45, 7) is 8.39. The maximum Gasteiger partial charge on any atom is 0.326 e. The van der Waals surface area contributed by atoms with Gasteiger partial charge < -0.3 is 15.0 Å². The fourth-order valence-corrected chi connectivity index (χ4v) is 7.99. The van der Waals surface area contributed by atoms with Crippen molar-refractivity contribution in [3.8, 4) is 0 Å². The van der Waals surface area contributed by atoms with Gasteiger partial charge in [-0.1, -0.05) is 48.0 Å². The van der Waals surface area contributed by atoms with Crippen LogP contribution in [0, 0.1) is 18.8 Å². The minimum atomic E-state index is -3.59. The van der Waals surface area contributed by atoms with E-state index >= 15 is 0 Å². The molecular formula is C37H48N4O5S. The smallest absolute Gasteiger partial charge is 0.326 e. The van der Waals surface area contributed by atoms with Gasteiger partial charge in [0.25, 0.3) is 0 Å². The second-order valence-electron chi connectivity index (χ2n) is 12.7. The van der Waals surface area contributed by atoms with Crippen LogP contribution in [0.3, 0.4) is 0 Å². The predicted molar refractivity (Wildman–Crippen MR) is 186 cm³/mol. The lowest BCUT2D eigenvalue weighted by molar-refractivity contribution is -0.149. The van der Waals surface area contributed by atoms with Crippen LogP contribution >= 0.6 is 0 Å². The van der Waals surface area contributed by atoms with Crippen molar-refractivity contribution >= 4 is 33.4 Å². The van der Waals surface area contributed by atoms with Gasteiger partial charge in [0, 0.05) is 31.0 Å². The molecule has 0 unspecified atom stereocenters. The number of amides is 2. The van der Waals surface area contributed by atoms with Crippen LogP contribution < -0.4 is 10.2 Å². The summed E-state index contributed by atoms with van der Waals surface area (Å²) in [5.41, 5.74) is 3.97. The number of esters is 1. The fraction of sp³-hybridized carbons (Fsp3) is 0.459. The number of ether oxygens (including phenoxy) is 1. The van der Waals surface area contributed by atoms with Crippen LogP contribution in [0.5, 0.6) is 0 Å². The summed E-state index contributed by atoms with van der Waals surface area (Å²) in [4.78, 5) is 29.9. The third-order valence-electron chi connectivity index (χ3n) is 9.34. The number of carbonyl (C=O) groups excluding carboxylic acids is 2. The number of likely N-dealkylation sites (tertiary alicyclic amines) is 1. The highest BCUT2D eigenvalue weighted by atomic mass is 32.2. The number of hydrogen-bond donors (Lipinski definition) is 1. The van der Waals surface area contributed by atoms with Crippen LogP contribution in [0.15, 0.2) is 83.8 Å². The van der Waals surface area contributed by atoms with Crippen LogP contribution in [-0.4, -0.2) is 75.5 Å². The number of para-hydroxylation sites is 1. The highest BCUT2D eigenvalue weighted by Crippen LogP contribution is 2.27. The number of aryl methyl sites for hydroxylation is 1. The Morgan fingerprint density at radius 3 is 2.17 bits per heavy atom. The van der Waals surface area contributed by atoms with E-state index in [4.69, 9.17) is 4.74 Å². The summed E-state index contributed by atoms with van der Waals surface area (Å²) in [5.74, 6) is 0.0971. The number of benzene rings is 3. The monoisotopic (exact) mass is 660 g/mol. The molecule has 0 atom stereocenters. The van der Waals surface area contributed by atoms with Crippen molar-refractivity contribution in [1.29, 1.82) is 0 Å². The first-order valence-corrected chi connectivity index (χ1v) is 18.3. The van der Waals surface area contributed by atoms with Crippen LogP contribution in [0.2, 0.25) is 0 Å². The molecule has 2 aliphatic rings.